The Labute approximate surface area is 94.8 Å². The molecule has 0 radical (unpaired) electrons. The zero-order chi connectivity index (χ0) is 11.2. The van der Waals surface area contributed by atoms with Crippen molar-refractivity contribution in [1.29, 1.82) is 0 Å². The van der Waals surface area contributed by atoms with Crippen LogP contribution in [0.4, 0.5) is 8.78 Å². The van der Waals surface area contributed by atoms with E-state index in [2.05, 4.69) is 9.97 Å². The van der Waals surface area contributed by atoms with E-state index in [-0.39, 0.29) is 6.42 Å². The maximum absolute atomic E-state index is 12.8. The average Bonchev–Trinajstić information content (AvgIpc) is 2.66. The van der Waals surface area contributed by atoms with Gasteiger partial charge < -0.3 is 4.57 Å². The number of halogens is 2. The number of hydrogen-bond acceptors (Lipinski definition) is 3. The van der Waals surface area contributed by atoms with Crippen LogP contribution in [0.25, 0.3) is 10.7 Å². The predicted molar refractivity (Wildman–Crippen MR) is 56.4 cm³/mol. The Balaban J connectivity index is 1.84. The summed E-state index contributed by atoms with van der Waals surface area (Å²) in [7, 11) is 0. The van der Waals surface area contributed by atoms with Gasteiger partial charge in [-0.15, -0.1) is 11.3 Å². The molecule has 1 atom stereocenters. The fourth-order valence-corrected chi connectivity index (χ4v) is 2.35. The van der Waals surface area contributed by atoms with Gasteiger partial charge in [0.05, 0.1) is 10.4 Å². The summed E-state index contributed by atoms with van der Waals surface area (Å²) in [5, 5.41) is 0. The van der Waals surface area contributed by atoms with Crippen molar-refractivity contribution < 1.29 is 8.78 Å². The molecule has 2 aromatic rings. The van der Waals surface area contributed by atoms with E-state index in [1.165, 1.54) is 11.3 Å². The summed E-state index contributed by atoms with van der Waals surface area (Å²) in [5.41, 5.74) is 1.71. The van der Waals surface area contributed by atoms with Crippen LogP contribution in [0.1, 0.15) is 6.42 Å². The van der Waals surface area contributed by atoms with Crippen LogP contribution in [0, 0.1) is 5.92 Å². The largest absolute Gasteiger partial charge is 0.330 e. The van der Waals surface area contributed by atoms with Crippen molar-refractivity contribution >= 4 is 11.3 Å². The van der Waals surface area contributed by atoms with Gasteiger partial charge in [-0.05, 0) is 0 Å². The molecule has 2 aromatic heterocycles. The highest BCUT2D eigenvalue weighted by atomic mass is 32.1. The minimum atomic E-state index is -2.48. The van der Waals surface area contributed by atoms with Gasteiger partial charge in [-0.1, -0.05) is 0 Å². The molecule has 0 saturated heterocycles. The second kappa shape index (κ2) is 3.35. The molecule has 3 nitrogen and oxygen atoms in total. The molecule has 0 bridgehead atoms. The average molecular weight is 241 g/mol. The third-order valence-corrected chi connectivity index (χ3v) is 3.51. The second-order valence-electron chi connectivity index (χ2n) is 3.93. The van der Waals surface area contributed by atoms with Crippen molar-refractivity contribution in [3.8, 4) is 10.7 Å². The molecule has 1 fully saturated rings. The molecule has 6 heteroatoms. The van der Waals surface area contributed by atoms with Crippen LogP contribution in [-0.2, 0) is 6.54 Å². The Morgan fingerprint density at radius 2 is 2.38 bits per heavy atom. The molecule has 1 aliphatic rings. The molecule has 0 spiro atoms. The van der Waals surface area contributed by atoms with Crippen LogP contribution in [0.3, 0.4) is 0 Å². The Hall–Kier alpha value is -1.30. The fraction of sp³-hybridized carbons (Fsp3) is 0.400. The van der Waals surface area contributed by atoms with Crippen LogP contribution in [-0.4, -0.2) is 20.5 Å². The van der Waals surface area contributed by atoms with Crippen molar-refractivity contribution in [3.05, 3.63) is 24.1 Å². The molecule has 1 unspecified atom stereocenters. The summed E-state index contributed by atoms with van der Waals surface area (Å²) < 4.78 is 27.4. The molecule has 0 amide bonds. The monoisotopic (exact) mass is 241 g/mol. The molecule has 0 aliphatic heterocycles. The van der Waals surface area contributed by atoms with Gasteiger partial charge in [-0.3, -0.25) is 4.98 Å². The minimum Gasteiger partial charge on any atom is -0.330 e. The van der Waals surface area contributed by atoms with Crippen LogP contribution in [0.15, 0.2) is 24.1 Å². The molecule has 84 valence electrons. The minimum absolute atomic E-state index is 0.00664. The van der Waals surface area contributed by atoms with Crippen LogP contribution in [0.2, 0.25) is 0 Å². The molecular weight excluding hydrogens is 232 g/mol. The summed E-state index contributed by atoms with van der Waals surface area (Å²) in [5.74, 6) is -2.28. The van der Waals surface area contributed by atoms with Crippen LogP contribution < -0.4 is 0 Å². The molecule has 0 aromatic carbocycles. The van der Waals surface area contributed by atoms with Crippen molar-refractivity contribution in [2.75, 3.05) is 0 Å². The summed E-state index contributed by atoms with van der Waals surface area (Å²) in [6, 6.07) is 0. The smallest absolute Gasteiger partial charge is 0.253 e. The molecular formula is C10H9F2N3S. The molecule has 0 N–H and O–H groups in total. The summed E-state index contributed by atoms with van der Waals surface area (Å²) in [4.78, 5) is 9.05. The van der Waals surface area contributed by atoms with E-state index in [1.807, 2.05) is 0 Å². The highest BCUT2D eigenvalue weighted by Gasteiger charge is 2.56. The summed E-state index contributed by atoms with van der Waals surface area (Å²) >= 11 is 1.46. The fourth-order valence-electron chi connectivity index (χ4n) is 1.71. The van der Waals surface area contributed by atoms with E-state index in [0.717, 1.165) is 10.7 Å². The highest BCUT2D eigenvalue weighted by Crippen LogP contribution is 2.49. The van der Waals surface area contributed by atoms with E-state index in [4.69, 9.17) is 0 Å². The number of nitrogens with zero attached hydrogens (tertiary/aromatic N) is 3. The van der Waals surface area contributed by atoms with E-state index in [1.54, 1.807) is 28.7 Å². The lowest BCUT2D eigenvalue weighted by atomic mass is 10.4. The molecule has 16 heavy (non-hydrogen) atoms. The van der Waals surface area contributed by atoms with E-state index in [9.17, 15) is 8.78 Å². The van der Waals surface area contributed by atoms with Gasteiger partial charge in [-0.25, -0.2) is 13.8 Å². The topological polar surface area (TPSA) is 30.7 Å². The van der Waals surface area contributed by atoms with Gasteiger partial charge in [0.15, 0.2) is 5.82 Å². The lowest BCUT2D eigenvalue weighted by molar-refractivity contribution is 0.0952. The first kappa shape index (κ1) is 9.89. The Morgan fingerprint density at radius 1 is 1.56 bits per heavy atom. The Morgan fingerprint density at radius 3 is 3.00 bits per heavy atom. The third-order valence-electron chi connectivity index (χ3n) is 2.74. The lowest BCUT2D eigenvalue weighted by Crippen LogP contribution is -2.05. The zero-order valence-electron chi connectivity index (χ0n) is 8.31. The van der Waals surface area contributed by atoms with Crippen LogP contribution in [0.5, 0.6) is 0 Å². The quantitative estimate of drug-likeness (QED) is 0.827. The van der Waals surface area contributed by atoms with Crippen molar-refractivity contribution in [2.24, 2.45) is 5.92 Å². The first-order valence-corrected chi connectivity index (χ1v) is 5.82. The van der Waals surface area contributed by atoms with Crippen molar-refractivity contribution in [1.82, 2.24) is 14.5 Å². The van der Waals surface area contributed by atoms with E-state index < -0.39 is 11.8 Å². The van der Waals surface area contributed by atoms with Gasteiger partial charge in [0, 0.05) is 37.5 Å². The first-order valence-electron chi connectivity index (χ1n) is 4.94. The number of imidazole rings is 1. The van der Waals surface area contributed by atoms with E-state index in [0.29, 0.717) is 6.54 Å². The Bertz CT molecular complexity index is 492. The van der Waals surface area contributed by atoms with Gasteiger partial charge >= 0.3 is 0 Å². The van der Waals surface area contributed by atoms with Crippen LogP contribution >= 0.6 is 11.3 Å². The SMILES string of the molecule is FC1(F)CC1Cn1ccnc1-c1cncs1. The maximum atomic E-state index is 12.8. The molecule has 3 rings (SSSR count). The number of rotatable bonds is 3. The number of hydrogen-bond donors (Lipinski definition) is 0. The van der Waals surface area contributed by atoms with Gasteiger partial charge in [0.25, 0.3) is 5.92 Å². The van der Waals surface area contributed by atoms with Gasteiger partial charge in [0.2, 0.25) is 0 Å². The molecule has 2 heterocycles. The normalized spacial score (nSPS) is 22.2. The van der Waals surface area contributed by atoms with Gasteiger partial charge in [0.1, 0.15) is 0 Å². The first-order chi connectivity index (χ1) is 7.67. The summed E-state index contributed by atoms with van der Waals surface area (Å²) in [6.07, 6.45) is 5.07. The highest BCUT2D eigenvalue weighted by molar-refractivity contribution is 7.13. The zero-order valence-corrected chi connectivity index (χ0v) is 9.12. The summed E-state index contributed by atoms with van der Waals surface area (Å²) in [6.45, 7) is 0.334. The predicted octanol–water partition coefficient (Wildman–Crippen LogP) is 2.66. The molecule has 1 aliphatic carbocycles. The Kier molecular flexibility index (Phi) is 2.07. The van der Waals surface area contributed by atoms with E-state index >= 15 is 0 Å². The number of alkyl halides is 2. The number of thiazole rings is 1. The number of aromatic nitrogens is 3. The lowest BCUT2D eigenvalue weighted by Gasteiger charge is -2.04. The third kappa shape index (κ3) is 1.63. The maximum Gasteiger partial charge on any atom is 0.253 e. The van der Waals surface area contributed by atoms with Gasteiger partial charge in [-0.2, -0.15) is 0 Å². The second-order valence-corrected chi connectivity index (χ2v) is 4.82. The standard InChI is InChI=1S/C10H9F2N3S/c11-10(12)3-7(10)5-15-2-1-14-9(15)8-4-13-6-16-8/h1-2,4,6-7H,3,5H2. The van der Waals surface area contributed by atoms with Crippen molar-refractivity contribution in [3.63, 3.8) is 0 Å². The van der Waals surface area contributed by atoms with Crippen molar-refractivity contribution in [2.45, 2.75) is 18.9 Å². The molecule has 1 saturated carbocycles.